The lowest BCUT2D eigenvalue weighted by Gasteiger charge is -2.38. The molecule has 3 aromatic carbocycles. The van der Waals surface area contributed by atoms with E-state index in [1.165, 1.54) is 0 Å². The molecule has 4 rings (SSSR count). The van der Waals surface area contributed by atoms with Gasteiger partial charge >= 0.3 is 11.9 Å². The normalized spacial score (nSPS) is 18.1. The molecule has 2 amide bonds. The van der Waals surface area contributed by atoms with Gasteiger partial charge in [-0.2, -0.15) is 0 Å². The van der Waals surface area contributed by atoms with Crippen LogP contribution >= 0.6 is 0 Å². The van der Waals surface area contributed by atoms with Gasteiger partial charge in [-0.1, -0.05) is 111 Å². The Kier molecular flexibility index (Phi) is 10.3. The van der Waals surface area contributed by atoms with Crippen molar-refractivity contribution in [1.29, 1.82) is 0 Å². The molecule has 1 aliphatic rings. The standard InChI is InChI=1S/C33H36N2O6/c1-3-22(2)28-29(41-33(28)39)31(37)34-26(19-23-13-7-4-8-14-23)30(36)35-27(20-24-15-9-5-10-16-24)32(38)40-21-25-17-11-6-12-18-25/h4-18,22,26-29H,3,19-21H2,1-2H3,(H,34,37)(H,35,36). The van der Waals surface area contributed by atoms with Crippen LogP contribution in [0.1, 0.15) is 37.0 Å². The second kappa shape index (κ2) is 14.3. The summed E-state index contributed by atoms with van der Waals surface area (Å²) >= 11 is 0. The molecule has 5 unspecified atom stereocenters. The molecule has 1 saturated heterocycles. The maximum Gasteiger partial charge on any atom is 0.329 e. The number of amides is 2. The maximum absolute atomic E-state index is 13.7. The van der Waals surface area contributed by atoms with Crippen molar-refractivity contribution in [1.82, 2.24) is 10.6 Å². The molecule has 41 heavy (non-hydrogen) atoms. The van der Waals surface area contributed by atoms with Gasteiger partial charge in [-0.25, -0.2) is 4.79 Å². The summed E-state index contributed by atoms with van der Waals surface area (Å²) in [6.07, 6.45) is 0.149. The van der Waals surface area contributed by atoms with Crippen molar-refractivity contribution in [3.63, 3.8) is 0 Å². The number of carbonyl (C=O) groups excluding carboxylic acids is 4. The number of cyclic esters (lactones) is 1. The Morgan fingerprint density at radius 1 is 0.780 bits per heavy atom. The predicted octanol–water partition coefficient (Wildman–Crippen LogP) is 3.77. The van der Waals surface area contributed by atoms with Gasteiger partial charge in [0.05, 0.1) is 0 Å². The summed E-state index contributed by atoms with van der Waals surface area (Å²) in [7, 11) is 0. The minimum absolute atomic E-state index is 0.0389. The first-order valence-electron chi connectivity index (χ1n) is 13.9. The Morgan fingerprint density at radius 2 is 1.29 bits per heavy atom. The van der Waals surface area contributed by atoms with Crippen LogP contribution in [0.25, 0.3) is 0 Å². The van der Waals surface area contributed by atoms with Crippen LogP contribution in [0.3, 0.4) is 0 Å². The zero-order valence-corrected chi connectivity index (χ0v) is 23.3. The fourth-order valence-electron chi connectivity index (χ4n) is 4.79. The molecule has 0 aromatic heterocycles. The van der Waals surface area contributed by atoms with E-state index < -0.39 is 47.9 Å². The van der Waals surface area contributed by atoms with Crippen LogP contribution in [0.4, 0.5) is 0 Å². The highest BCUT2D eigenvalue weighted by atomic mass is 16.6. The van der Waals surface area contributed by atoms with Crippen molar-refractivity contribution in [2.45, 2.75) is 57.9 Å². The zero-order chi connectivity index (χ0) is 29.2. The third-order valence-electron chi connectivity index (χ3n) is 7.38. The molecule has 8 nitrogen and oxygen atoms in total. The van der Waals surface area contributed by atoms with E-state index in [0.29, 0.717) is 6.42 Å². The maximum atomic E-state index is 13.7. The van der Waals surface area contributed by atoms with Gasteiger partial charge in [-0.3, -0.25) is 14.4 Å². The molecule has 1 aliphatic heterocycles. The Hall–Kier alpha value is -4.46. The van der Waals surface area contributed by atoms with Crippen molar-refractivity contribution in [3.8, 4) is 0 Å². The van der Waals surface area contributed by atoms with Gasteiger partial charge in [0.15, 0.2) is 6.10 Å². The molecule has 214 valence electrons. The van der Waals surface area contributed by atoms with Gasteiger partial charge in [0.1, 0.15) is 24.6 Å². The first kappa shape index (κ1) is 29.5. The van der Waals surface area contributed by atoms with Crippen LogP contribution in [0.15, 0.2) is 91.0 Å². The minimum Gasteiger partial charge on any atom is -0.459 e. The molecule has 0 spiro atoms. The van der Waals surface area contributed by atoms with Gasteiger partial charge in [-0.05, 0) is 22.6 Å². The summed E-state index contributed by atoms with van der Waals surface area (Å²) < 4.78 is 10.8. The molecule has 1 fully saturated rings. The molecule has 0 aliphatic carbocycles. The molecule has 0 bridgehead atoms. The molecule has 1 heterocycles. The Morgan fingerprint density at radius 3 is 1.80 bits per heavy atom. The van der Waals surface area contributed by atoms with Crippen molar-refractivity contribution in [3.05, 3.63) is 108 Å². The van der Waals surface area contributed by atoms with E-state index in [1.54, 1.807) is 0 Å². The number of hydrogen-bond donors (Lipinski definition) is 2. The van der Waals surface area contributed by atoms with Gasteiger partial charge in [-0.15, -0.1) is 0 Å². The number of rotatable bonds is 13. The molecule has 5 atom stereocenters. The van der Waals surface area contributed by atoms with Gasteiger partial charge < -0.3 is 20.1 Å². The Balaban J connectivity index is 1.51. The largest absolute Gasteiger partial charge is 0.459 e. The van der Waals surface area contributed by atoms with Crippen molar-refractivity contribution < 1.29 is 28.7 Å². The third kappa shape index (κ3) is 8.03. The van der Waals surface area contributed by atoms with Crippen LogP contribution in [-0.4, -0.2) is 41.9 Å². The predicted molar refractivity (Wildman–Crippen MR) is 153 cm³/mol. The Bertz CT molecular complexity index is 1320. The molecular weight excluding hydrogens is 520 g/mol. The highest BCUT2D eigenvalue weighted by Gasteiger charge is 2.50. The molecular formula is C33H36N2O6. The highest BCUT2D eigenvalue weighted by molar-refractivity contribution is 5.97. The second-order valence-corrected chi connectivity index (χ2v) is 10.4. The van der Waals surface area contributed by atoms with Crippen LogP contribution in [0.2, 0.25) is 0 Å². The summed E-state index contributed by atoms with van der Waals surface area (Å²) in [6, 6.07) is 25.9. The molecule has 0 radical (unpaired) electrons. The first-order valence-corrected chi connectivity index (χ1v) is 13.9. The number of esters is 2. The van der Waals surface area contributed by atoms with Crippen molar-refractivity contribution in [2.75, 3.05) is 0 Å². The summed E-state index contributed by atoms with van der Waals surface area (Å²) in [4.78, 5) is 52.2. The van der Waals surface area contributed by atoms with Gasteiger partial charge in [0.25, 0.3) is 5.91 Å². The fraction of sp³-hybridized carbons (Fsp3) is 0.333. The lowest BCUT2D eigenvalue weighted by Crippen LogP contribution is -2.60. The average Bonchev–Trinajstić information content (AvgIpc) is 2.99. The zero-order valence-electron chi connectivity index (χ0n) is 23.3. The second-order valence-electron chi connectivity index (χ2n) is 10.4. The monoisotopic (exact) mass is 556 g/mol. The quantitative estimate of drug-likeness (QED) is 0.310. The number of benzene rings is 3. The van der Waals surface area contributed by atoms with Crippen molar-refractivity contribution >= 4 is 23.8 Å². The van der Waals surface area contributed by atoms with Gasteiger partial charge in [0.2, 0.25) is 5.91 Å². The van der Waals surface area contributed by atoms with Crippen molar-refractivity contribution in [2.24, 2.45) is 11.8 Å². The van der Waals surface area contributed by atoms with E-state index in [9.17, 15) is 19.2 Å². The van der Waals surface area contributed by atoms with Crippen LogP contribution in [-0.2, 0) is 48.1 Å². The third-order valence-corrected chi connectivity index (χ3v) is 7.38. The van der Waals surface area contributed by atoms with Gasteiger partial charge in [0, 0.05) is 12.8 Å². The number of hydrogen-bond acceptors (Lipinski definition) is 6. The molecule has 3 aromatic rings. The van der Waals surface area contributed by atoms with Crippen LogP contribution in [0, 0.1) is 11.8 Å². The van der Waals surface area contributed by atoms with E-state index in [0.717, 1.165) is 16.7 Å². The van der Waals surface area contributed by atoms with E-state index in [-0.39, 0.29) is 25.4 Å². The fourth-order valence-corrected chi connectivity index (χ4v) is 4.79. The molecule has 8 heteroatoms. The first-order chi connectivity index (χ1) is 19.9. The lowest BCUT2D eigenvalue weighted by atomic mass is 9.82. The SMILES string of the molecule is CCC(C)C1C(=O)OC1C(=O)NC(Cc1ccccc1)C(=O)NC(Cc1ccccc1)C(=O)OCc1ccccc1. The number of nitrogens with one attached hydrogen (secondary N) is 2. The Labute approximate surface area is 240 Å². The van der Waals surface area contributed by atoms with E-state index in [4.69, 9.17) is 9.47 Å². The van der Waals surface area contributed by atoms with Crippen LogP contribution < -0.4 is 10.6 Å². The summed E-state index contributed by atoms with van der Waals surface area (Å²) in [6.45, 7) is 3.91. The lowest BCUT2D eigenvalue weighted by molar-refractivity contribution is -0.193. The number of ether oxygens (including phenoxy) is 2. The topological polar surface area (TPSA) is 111 Å². The number of carbonyl (C=O) groups is 4. The molecule has 2 N–H and O–H groups in total. The van der Waals surface area contributed by atoms with Crippen LogP contribution in [0.5, 0.6) is 0 Å². The summed E-state index contributed by atoms with van der Waals surface area (Å²) in [5.74, 6) is -2.65. The minimum atomic E-state index is -1.01. The van der Waals surface area contributed by atoms with E-state index in [1.807, 2.05) is 105 Å². The average molecular weight is 557 g/mol. The summed E-state index contributed by atoms with van der Waals surface area (Å²) in [5.41, 5.74) is 2.49. The van der Waals surface area contributed by atoms with E-state index >= 15 is 0 Å². The highest BCUT2D eigenvalue weighted by Crippen LogP contribution is 2.31. The molecule has 0 saturated carbocycles. The van der Waals surface area contributed by atoms with E-state index in [2.05, 4.69) is 10.6 Å². The smallest absolute Gasteiger partial charge is 0.329 e. The summed E-state index contributed by atoms with van der Waals surface area (Å²) in [5, 5.41) is 5.60.